The number of carbonyl (C=O) groups excluding carboxylic acids is 2. The lowest BCUT2D eigenvalue weighted by Crippen LogP contribution is -2.45. The summed E-state index contributed by atoms with van der Waals surface area (Å²) >= 11 is 0. The molecule has 1 aromatic rings. The fourth-order valence-corrected chi connectivity index (χ4v) is 2.77. The van der Waals surface area contributed by atoms with Crippen LogP contribution in [-0.2, 0) is 9.53 Å². The summed E-state index contributed by atoms with van der Waals surface area (Å²) in [6.07, 6.45) is 0.784. The Kier molecular flexibility index (Phi) is 4.83. The molecule has 0 aliphatic carbocycles. The minimum atomic E-state index is -0.602. The van der Waals surface area contributed by atoms with Crippen molar-refractivity contribution in [2.24, 2.45) is 5.92 Å². The third-order valence-corrected chi connectivity index (χ3v) is 4.15. The van der Waals surface area contributed by atoms with Crippen LogP contribution < -0.4 is 20.1 Å². The monoisotopic (exact) mass is 346 g/mol. The normalized spacial score (nSPS) is 18.9. The number of amides is 2. The van der Waals surface area contributed by atoms with Gasteiger partial charge in [0.2, 0.25) is 6.79 Å². The second-order valence-electron chi connectivity index (χ2n) is 6.50. The van der Waals surface area contributed by atoms with Crippen LogP contribution in [-0.4, -0.2) is 25.4 Å². The highest BCUT2D eigenvalue weighted by Gasteiger charge is 2.33. The first kappa shape index (κ1) is 17.1. The van der Waals surface area contributed by atoms with Gasteiger partial charge in [-0.3, -0.25) is 0 Å². The Morgan fingerprint density at radius 1 is 1.32 bits per heavy atom. The van der Waals surface area contributed by atoms with Gasteiger partial charge in [0.15, 0.2) is 11.5 Å². The summed E-state index contributed by atoms with van der Waals surface area (Å²) in [5.74, 6) is 1.24. The maximum atomic E-state index is 12.6. The van der Waals surface area contributed by atoms with E-state index in [1.54, 1.807) is 25.1 Å². The second-order valence-corrected chi connectivity index (χ2v) is 6.50. The number of allylic oxidation sites excluding steroid dienone is 1. The van der Waals surface area contributed by atoms with Gasteiger partial charge in [-0.15, -0.1) is 0 Å². The molecule has 2 heterocycles. The number of carbonyl (C=O) groups is 2. The number of rotatable bonds is 5. The lowest BCUT2D eigenvalue weighted by atomic mass is 9.95. The van der Waals surface area contributed by atoms with Crippen molar-refractivity contribution in [2.45, 2.75) is 33.2 Å². The molecule has 0 saturated carbocycles. The van der Waals surface area contributed by atoms with Gasteiger partial charge in [-0.2, -0.15) is 0 Å². The van der Waals surface area contributed by atoms with Gasteiger partial charge < -0.3 is 24.8 Å². The third kappa shape index (κ3) is 3.70. The summed E-state index contributed by atoms with van der Waals surface area (Å²) in [7, 11) is 0. The zero-order valence-electron chi connectivity index (χ0n) is 14.5. The molecule has 7 heteroatoms. The molecule has 0 unspecified atom stereocenters. The first-order valence-electron chi connectivity index (χ1n) is 8.30. The van der Waals surface area contributed by atoms with Gasteiger partial charge in [0, 0.05) is 5.70 Å². The van der Waals surface area contributed by atoms with Gasteiger partial charge in [0.1, 0.15) is 0 Å². The zero-order chi connectivity index (χ0) is 18.0. The zero-order valence-corrected chi connectivity index (χ0v) is 14.5. The number of fused-ring (bicyclic) bond motifs is 1. The number of urea groups is 1. The van der Waals surface area contributed by atoms with Crippen LogP contribution in [0.4, 0.5) is 4.79 Å². The van der Waals surface area contributed by atoms with E-state index in [-0.39, 0.29) is 12.8 Å². The highest BCUT2D eigenvalue weighted by molar-refractivity contribution is 5.95. The van der Waals surface area contributed by atoms with Gasteiger partial charge in [-0.1, -0.05) is 19.9 Å². The Morgan fingerprint density at radius 3 is 2.84 bits per heavy atom. The van der Waals surface area contributed by atoms with E-state index in [9.17, 15) is 9.59 Å². The number of hydrogen-bond acceptors (Lipinski definition) is 5. The Balaban J connectivity index is 1.86. The molecule has 2 aliphatic heterocycles. The van der Waals surface area contributed by atoms with Crippen molar-refractivity contribution in [3.8, 4) is 11.5 Å². The fraction of sp³-hybridized carbons (Fsp3) is 0.444. The summed E-state index contributed by atoms with van der Waals surface area (Å²) in [5.41, 5.74) is 1.61. The molecular weight excluding hydrogens is 324 g/mol. The molecule has 3 rings (SSSR count). The van der Waals surface area contributed by atoms with Crippen LogP contribution in [0, 0.1) is 5.92 Å². The molecule has 1 aromatic carbocycles. The Labute approximate surface area is 146 Å². The van der Waals surface area contributed by atoms with Crippen molar-refractivity contribution in [3.63, 3.8) is 0 Å². The molecule has 0 fully saturated rings. The highest BCUT2D eigenvalue weighted by atomic mass is 16.7. The summed E-state index contributed by atoms with van der Waals surface area (Å²) < 4.78 is 16.1. The summed E-state index contributed by atoms with van der Waals surface area (Å²) in [6, 6.07) is 4.38. The molecule has 0 radical (unpaired) electrons. The van der Waals surface area contributed by atoms with Crippen molar-refractivity contribution < 1.29 is 23.8 Å². The topological polar surface area (TPSA) is 85.9 Å². The van der Waals surface area contributed by atoms with Gasteiger partial charge in [-0.25, -0.2) is 9.59 Å². The SMILES string of the molecule is CC1=C(C(=O)OCCC(C)C)[C@@H](c2ccc3c(c2)OCO3)NC(=O)N1. The highest BCUT2D eigenvalue weighted by Crippen LogP contribution is 2.37. The number of hydrogen-bond donors (Lipinski definition) is 2. The van der Waals surface area contributed by atoms with E-state index in [1.807, 2.05) is 0 Å². The molecule has 0 aromatic heterocycles. The van der Waals surface area contributed by atoms with Crippen molar-refractivity contribution in [1.29, 1.82) is 0 Å². The standard InChI is InChI=1S/C18H22N2O5/c1-10(2)6-7-23-17(21)15-11(3)19-18(22)20-16(15)12-4-5-13-14(8-12)25-9-24-13/h4-5,8,10,16H,6-7,9H2,1-3H3,(H2,19,20,22)/t16-/m1/s1. The number of nitrogens with one attached hydrogen (secondary N) is 2. The van der Waals surface area contributed by atoms with Crippen molar-refractivity contribution >= 4 is 12.0 Å². The lowest BCUT2D eigenvalue weighted by Gasteiger charge is -2.28. The van der Waals surface area contributed by atoms with Crippen LogP contribution in [0.5, 0.6) is 11.5 Å². The van der Waals surface area contributed by atoms with Crippen molar-refractivity contribution in [1.82, 2.24) is 10.6 Å². The summed E-state index contributed by atoms with van der Waals surface area (Å²) in [5, 5.41) is 5.41. The molecule has 25 heavy (non-hydrogen) atoms. The molecular formula is C18H22N2O5. The maximum Gasteiger partial charge on any atom is 0.338 e. The lowest BCUT2D eigenvalue weighted by molar-refractivity contribution is -0.139. The van der Waals surface area contributed by atoms with Crippen LogP contribution in [0.25, 0.3) is 0 Å². The van der Waals surface area contributed by atoms with Crippen LogP contribution in [0.2, 0.25) is 0 Å². The third-order valence-electron chi connectivity index (χ3n) is 4.15. The van der Waals surface area contributed by atoms with Gasteiger partial charge in [-0.05, 0) is 37.0 Å². The van der Waals surface area contributed by atoms with Crippen molar-refractivity contribution in [2.75, 3.05) is 13.4 Å². The molecule has 0 bridgehead atoms. The molecule has 7 nitrogen and oxygen atoms in total. The van der Waals surface area contributed by atoms with E-state index in [2.05, 4.69) is 24.5 Å². The van der Waals surface area contributed by atoms with Crippen molar-refractivity contribution in [3.05, 3.63) is 35.0 Å². The predicted molar refractivity (Wildman–Crippen MR) is 90.1 cm³/mol. The average molecular weight is 346 g/mol. The largest absolute Gasteiger partial charge is 0.462 e. The molecule has 2 aliphatic rings. The second kappa shape index (κ2) is 7.04. The molecule has 1 atom stereocenters. The number of ether oxygens (including phenoxy) is 3. The van der Waals surface area contributed by atoms with E-state index in [4.69, 9.17) is 14.2 Å². The molecule has 0 saturated heterocycles. The first-order chi connectivity index (χ1) is 12.0. The first-order valence-corrected chi connectivity index (χ1v) is 8.30. The Morgan fingerprint density at radius 2 is 2.08 bits per heavy atom. The van der Waals surface area contributed by atoms with Crippen LogP contribution in [0.15, 0.2) is 29.5 Å². The number of benzene rings is 1. The minimum absolute atomic E-state index is 0.163. The van der Waals surface area contributed by atoms with E-state index < -0.39 is 12.0 Å². The average Bonchev–Trinajstić information content (AvgIpc) is 3.01. The van der Waals surface area contributed by atoms with E-state index in [0.717, 1.165) is 12.0 Å². The summed E-state index contributed by atoms with van der Waals surface area (Å²) in [6.45, 7) is 6.33. The predicted octanol–water partition coefficient (Wildman–Crippen LogP) is 2.63. The molecule has 0 spiro atoms. The fourth-order valence-electron chi connectivity index (χ4n) is 2.77. The van der Waals surface area contributed by atoms with Gasteiger partial charge in [0.05, 0.1) is 18.2 Å². The van der Waals surface area contributed by atoms with Gasteiger partial charge in [0.25, 0.3) is 0 Å². The molecule has 134 valence electrons. The van der Waals surface area contributed by atoms with E-state index in [0.29, 0.717) is 35.3 Å². The van der Waals surface area contributed by atoms with Crippen LogP contribution in [0.1, 0.15) is 38.8 Å². The van der Waals surface area contributed by atoms with Gasteiger partial charge >= 0.3 is 12.0 Å². The quantitative estimate of drug-likeness (QED) is 0.801. The van der Waals surface area contributed by atoms with E-state index in [1.165, 1.54) is 0 Å². The summed E-state index contributed by atoms with van der Waals surface area (Å²) in [4.78, 5) is 24.5. The van der Waals surface area contributed by atoms with Crippen LogP contribution >= 0.6 is 0 Å². The Hall–Kier alpha value is -2.70. The van der Waals surface area contributed by atoms with E-state index >= 15 is 0 Å². The smallest absolute Gasteiger partial charge is 0.338 e. The molecule has 2 N–H and O–H groups in total. The minimum Gasteiger partial charge on any atom is -0.462 e. The maximum absolute atomic E-state index is 12.6. The Bertz CT molecular complexity index is 726. The van der Waals surface area contributed by atoms with Crippen LogP contribution in [0.3, 0.4) is 0 Å². The molecule has 2 amide bonds. The number of esters is 1.